The molecule has 0 unspecified atom stereocenters. The Hall–Kier alpha value is -0.910. The van der Waals surface area contributed by atoms with Gasteiger partial charge in [-0.25, -0.2) is 4.98 Å². The normalized spacial score (nSPS) is 13.0. The quantitative estimate of drug-likeness (QED) is 0.436. The summed E-state index contributed by atoms with van der Waals surface area (Å²) in [7, 11) is 1.75. The summed E-state index contributed by atoms with van der Waals surface area (Å²) in [5.74, 6) is 0.590. The van der Waals surface area contributed by atoms with Gasteiger partial charge in [-0.1, -0.05) is 41.5 Å². The van der Waals surface area contributed by atoms with Crippen LogP contribution in [0, 0.1) is 5.92 Å². The molecule has 0 saturated carbocycles. The number of nitrogens with zero attached hydrogens (tertiary/aromatic N) is 2. The van der Waals surface area contributed by atoms with Crippen molar-refractivity contribution in [1.29, 1.82) is 0 Å². The van der Waals surface area contributed by atoms with Gasteiger partial charge in [0.05, 0.1) is 15.6 Å². The van der Waals surface area contributed by atoms with Crippen LogP contribution in [0.3, 0.4) is 0 Å². The molecule has 1 fully saturated rings. The van der Waals surface area contributed by atoms with Crippen LogP contribution < -0.4 is 4.90 Å². The van der Waals surface area contributed by atoms with Gasteiger partial charge in [-0.3, -0.25) is 0 Å². The smallest absolute Gasteiger partial charge is 0.124 e. The largest absolute Gasteiger partial charge is 0.379 e. The van der Waals surface area contributed by atoms with Gasteiger partial charge in [0.1, 0.15) is 5.01 Å². The van der Waals surface area contributed by atoms with Crippen molar-refractivity contribution in [3.63, 3.8) is 0 Å². The highest BCUT2D eigenvalue weighted by Gasteiger charge is 2.20. The number of aromatic nitrogens is 1. The molecule has 0 spiro atoms. The fraction of sp³-hybridized carbons (Fsp3) is 0.625. The Morgan fingerprint density at radius 2 is 1.55 bits per heavy atom. The summed E-state index contributed by atoms with van der Waals surface area (Å²) in [5, 5.41) is 1.07. The summed E-state index contributed by atoms with van der Waals surface area (Å²) in [6.07, 6.45) is 4.50. The average molecular weight is 486 g/mol. The van der Waals surface area contributed by atoms with Gasteiger partial charge in [0.2, 0.25) is 0 Å². The van der Waals surface area contributed by atoms with Crippen LogP contribution in [-0.4, -0.2) is 30.8 Å². The SMILES string of the molecule is Brc1cnc(-c2ccc(N3CCCC3)cc2)s1.CC.CC.COC(C)(C)C(C)C. The third kappa shape index (κ3) is 9.63. The first-order chi connectivity index (χ1) is 13.8. The van der Waals surface area contributed by atoms with Crippen LogP contribution in [0.5, 0.6) is 0 Å². The van der Waals surface area contributed by atoms with Gasteiger partial charge >= 0.3 is 0 Å². The molecule has 0 N–H and O–H groups in total. The molecular formula is C24H41BrN2OS. The lowest BCUT2D eigenvalue weighted by Crippen LogP contribution is -2.29. The highest BCUT2D eigenvalue weighted by molar-refractivity contribution is 9.11. The second-order valence-electron chi connectivity index (χ2n) is 7.17. The lowest BCUT2D eigenvalue weighted by atomic mass is 9.95. The van der Waals surface area contributed by atoms with Gasteiger partial charge in [0, 0.05) is 31.5 Å². The fourth-order valence-electron chi connectivity index (χ4n) is 2.41. The van der Waals surface area contributed by atoms with Crippen molar-refractivity contribution in [2.24, 2.45) is 5.92 Å². The lowest BCUT2D eigenvalue weighted by Gasteiger charge is -2.26. The zero-order valence-electron chi connectivity index (χ0n) is 19.9. The van der Waals surface area contributed by atoms with E-state index in [1.165, 1.54) is 37.2 Å². The van der Waals surface area contributed by atoms with Gasteiger partial charge in [-0.05, 0) is 72.8 Å². The Labute approximate surface area is 192 Å². The summed E-state index contributed by atoms with van der Waals surface area (Å²) >= 11 is 5.12. The second-order valence-corrected chi connectivity index (χ2v) is 9.58. The maximum atomic E-state index is 5.20. The molecule has 5 heteroatoms. The highest BCUT2D eigenvalue weighted by atomic mass is 79.9. The molecular weight excluding hydrogens is 444 g/mol. The van der Waals surface area contributed by atoms with E-state index in [0.29, 0.717) is 5.92 Å². The fourth-order valence-corrected chi connectivity index (χ4v) is 3.63. The summed E-state index contributed by atoms with van der Waals surface area (Å²) < 4.78 is 6.28. The summed E-state index contributed by atoms with van der Waals surface area (Å²) in [4.78, 5) is 6.82. The van der Waals surface area contributed by atoms with Gasteiger partial charge in [-0.2, -0.15) is 0 Å². The van der Waals surface area contributed by atoms with Gasteiger partial charge < -0.3 is 9.64 Å². The number of anilines is 1. The molecule has 29 heavy (non-hydrogen) atoms. The van der Waals surface area contributed by atoms with Crippen LogP contribution in [0.2, 0.25) is 0 Å². The summed E-state index contributed by atoms with van der Waals surface area (Å²) in [6, 6.07) is 8.74. The van der Waals surface area contributed by atoms with E-state index in [0.717, 1.165) is 8.79 Å². The number of thiazole rings is 1. The van der Waals surface area contributed by atoms with Crippen LogP contribution in [0.15, 0.2) is 34.2 Å². The molecule has 166 valence electrons. The van der Waals surface area contributed by atoms with Crippen LogP contribution in [0.4, 0.5) is 5.69 Å². The Morgan fingerprint density at radius 1 is 1.03 bits per heavy atom. The minimum atomic E-state index is 0.0417. The number of hydrogen-bond acceptors (Lipinski definition) is 4. The number of benzene rings is 1. The van der Waals surface area contributed by atoms with Crippen molar-refractivity contribution in [3.05, 3.63) is 34.2 Å². The van der Waals surface area contributed by atoms with Crippen LogP contribution in [0.25, 0.3) is 10.6 Å². The molecule has 0 bridgehead atoms. The van der Waals surface area contributed by atoms with Crippen LogP contribution in [0.1, 0.15) is 68.2 Å². The Kier molecular flexibility index (Phi) is 14.5. The molecule has 2 heterocycles. The number of ether oxygens (including phenoxy) is 1. The van der Waals surface area contributed by atoms with E-state index in [1.54, 1.807) is 18.4 Å². The third-order valence-electron chi connectivity index (χ3n) is 4.98. The average Bonchev–Trinajstić information content (AvgIpc) is 3.43. The van der Waals surface area contributed by atoms with E-state index in [-0.39, 0.29) is 5.60 Å². The molecule has 0 aliphatic carbocycles. The van der Waals surface area contributed by atoms with Crippen molar-refractivity contribution in [2.45, 2.75) is 73.8 Å². The number of methoxy groups -OCH3 is 1. The molecule has 0 amide bonds. The number of halogens is 1. The monoisotopic (exact) mass is 484 g/mol. The third-order valence-corrected chi connectivity index (χ3v) is 6.50. The van der Waals surface area contributed by atoms with E-state index in [9.17, 15) is 0 Å². The first kappa shape index (κ1) is 28.1. The predicted octanol–water partition coefficient (Wildman–Crippen LogP) is 8.29. The Morgan fingerprint density at radius 3 is 1.90 bits per heavy atom. The van der Waals surface area contributed by atoms with E-state index in [1.807, 2.05) is 33.9 Å². The lowest BCUT2D eigenvalue weighted by molar-refractivity contribution is -0.0156. The van der Waals surface area contributed by atoms with Crippen LogP contribution >= 0.6 is 27.3 Å². The molecule has 3 rings (SSSR count). The van der Waals surface area contributed by atoms with Crippen molar-refractivity contribution in [3.8, 4) is 10.6 Å². The minimum Gasteiger partial charge on any atom is -0.379 e. The molecule has 3 nitrogen and oxygen atoms in total. The topological polar surface area (TPSA) is 25.4 Å². The first-order valence-electron chi connectivity index (χ1n) is 10.9. The summed E-state index contributed by atoms with van der Waals surface area (Å²) in [6.45, 7) is 18.9. The van der Waals surface area contributed by atoms with Crippen molar-refractivity contribution >= 4 is 33.0 Å². The number of rotatable bonds is 4. The molecule has 1 aromatic carbocycles. The minimum absolute atomic E-state index is 0.0417. The Balaban J connectivity index is 0.000000557. The zero-order valence-corrected chi connectivity index (χ0v) is 22.3. The zero-order chi connectivity index (χ0) is 22.4. The first-order valence-corrected chi connectivity index (χ1v) is 12.5. The van der Waals surface area contributed by atoms with Gasteiger partial charge in [-0.15, -0.1) is 11.3 Å². The van der Waals surface area contributed by atoms with Gasteiger partial charge in [0.15, 0.2) is 0 Å². The van der Waals surface area contributed by atoms with Crippen molar-refractivity contribution in [1.82, 2.24) is 4.98 Å². The molecule has 1 aliphatic heterocycles. The predicted molar refractivity (Wildman–Crippen MR) is 135 cm³/mol. The second kappa shape index (κ2) is 15.0. The van der Waals surface area contributed by atoms with E-state index in [4.69, 9.17) is 4.74 Å². The van der Waals surface area contributed by atoms with Crippen molar-refractivity contribution in [2.75, 3.05) is 25.1 Å². The van der Waals surface area contributed by atoms with Crippen molar-refractivity contribution < 1.29 is 4.74 Å². The maximum Gasteiger partial charge on any atom is 0.124 e. The maximum absolute atomic E-state index is 5.20. The Bertz CT molecular complexity index is 647. The standard InChI is InChI=1S/C13H13BrN2S.C7H16O.2C2H6/c14-12-9-15-13(17-12)10-3-5-11(6-4-10)16-7-1-2-8-16;1-6(2)7(3,4)8-5;2*1-2/h3-6,9H,1-2,7-8H2;6H,1-5H3;2*1-2H3. The molecule has 2 aromatic rings. The van der Waals surface area contributed by atoms with E-state index >= 15 is 0 Å². The molecule has 1 aliphatic rings. The highest BCUT2D eigenvalue weighted by Crippen LogP contribution is 2.30. The molecule has 1 saturated heterocycles. The number of hydrogen-bond donors (Lipinski definition) is 0. The molecule has 0 atom stereocenters. The van der Waals surface area contributed by atoms with E-state index in [2.05, 4.69) is 77.8 Å². The molecule has 0 radical (unpaired) electrons. The summed E-state index contributed by atoms with van der Waals surface area (Å²) in [5.41, 5.74) is 2.57. The van der Waals surface area contributed by atoms with Gasteiger partial charge in [0.25, 0.3) is 0 Å². The van der Waals surface area contributed by atoms with E-state index < -0.39 is 0 Å². The molecule has 1 aromatic heterocycles. The van der Waals surface area contributed by atoms with Crippen LogP contribution in [-0.2, 0) is 4.74 Å².